The Morgan fingerprint density at radius 3 is 2.57 bits per heavy atom. The van der Waals surface area contributed by atoms with Gasteiger partial charge in [-0.3, -0.25) is 9.78 Å². The predicted octanol–water partition coefficient (Wildman–Crippen LogP) is 1.15. The monoisotopic (exact) mass is 204 g/mol. The summed E-state index contributed by atoms with van der Waals surface area (Å²) in [5.41, 5.74) is -1.03. The lowest BCUT2D eigenvalue weighted by molar-refractivity contribution is -0.276. The topological polar surface area (TPSA) is 65.9 Å². The quantitative estimate of drug-likeness (QED) is 0.745. The van der Waals surface area contributed by atoms with Crippen LogP contribution in [0.1, 0.15) is 5.56 Å². The van der Waals surface area contributed by atoms with Gasteiger partial charge in [0.05, 0.1) is 11.6 Å². The van der Waals surface area contributed by atoms with Crippen molar-refractivity contribution in [2.24, 2.45) is 0 Å². The van der Waals surface area contributed by atoms with Crippen LogP contribution in [0.3, 0.4) is 0 Å². The number of hydrogen-bond acceptors (Lipinski definition) is 3. The third-order valence-electron chi connectivity index (χ3n) is 1.17. The third kappa shape index (κ3) is 2.82. The fourth-order valence-corrected chi connectivity index (χ4v) is 0.762. The molecule has 0 aliphatic heterocycles. The summed E-state index contributed by atoms with van der Waals surface area (Å²) in [6.07, 6.45) is -4.89. The zero-order valence-electron chi connectivity index (χ0n) is 6.55. The fourth-order valence-electron chi connectivity index (χ4n) is 0.762. The van der Waals surface area contributed by atoms with Crippen molar-refractivity contribution >= 4 is 0 Å². The van der Waals surface area contributed by atoms with Gasteiger partial charge in [0, 0.05) is 12.1 Å². The Morgan fingerprint density at radius 1 is 1.43 bits per heavy atom. The molecular weight excluding hydrogens is 201 g/mol. The lowest BCUT2D eigenvalue weighted by atomic mass is 10.3. The lowest BCUT2D eigenvalue weighted by Gasteiger charge is -2.07. The second-order valence-electron chi connectivity index (χ2n) is 2.26. The summed E-state index contributed by atoms with van der Waals surface area (Å²) in [6.45, 7) is 0. The molecule has 0 saturated carbocycles. The molecule has 1 rings (SSSR count). The maximum atomic E-state index is 11.7. The third-order valence-corrected chi connectivity index (χ3v) is 1.17. The van der Waals surface area contributed by atoms with Gasteiger partial charge in [0.1, 0.15) is 0 Å². The number of ether oxygens (including phenoxy) is 1. The molecule has 0 aliphatic carbocycles. The molecule has 1 N–H and O–H groups in total. The first kappa shape index (κ1) is 10.1. The molecule has 0 saturated heterocycles. The number of alkyl halides is 3. The molecule has 0 unspecified atom stereocenters. The van der Waals surface area contributed by atoms with Crippen LogP contribution in [0.15, 0.2) is 16.9 Å². The molecule has 1 aromatic rings. The Kier molecular flexibility index (Phi) is 2.47. The molecule has 74 valence electrons. The van der Waals surface area contributed by atoms with Crippen molar-refractivity contribution in [2.75, 3.05) is 0 Å². The number of nitrogens with zero attached hydrogens (tertiary/aromatic N) is 1. The van der Waals surface area contributed by atoms with Crippen LogP contribution in [0.4, 0.5) is 13.2 Å². The highest BCUT2D eigenvalue weighted by Gasteiger charge is 2.31. The number of nitrogens with one attached hydrogen (secondary N) is 1. The first-order valence-electron chi connectivity index (χ1n) is 3.31. The van der Waals surface area contributed by atoms with E-state index in [0.29, 0.717) is 0 Å². The molecule has 7 heteroatoms. The predicted molar refractivity (Wildman–Crippen MR) is 38.5 cm³/mol. The summed E-state index contributed by atoms with van der Waals surface area (Å²) in [6, 6.07) is 3.18. The molecule has 1 heterocycles. The zero-order chi connectivity index (χ0) is 10.8. The fraction of sp³-hybridized carbons (Fsp3) is 0.143. The summed E-state index contributed by atoms with van der Waals surface area (Å²) in [5, 5.41) is 8.35. The van der Waals surface area contributed by atoms with Crippen LogP contribution in [0.2, 0.25) is 0 Å². The van der Waals surface area contributed by atoms with Crippen LogP contribution in [-0.2, 0) is 0 Å². The molecule has 0 radical (unpaired) electrons. The molecular formula is C7H3F3N2O2. The van der Waals surface area contributed by atoms with Crippen LogP contribution in [0.5, 0.6) is 5.88 Å². The number of rotatable bonds is 1. The molecule has 0 spiro atoms. The van der Waals surface area contributed by atoms with Crippen LogP contribution in [-0.4, -0.2) is 11.3 Å². The van der Waals surface area contributed by atoms with Gasteiger partial charge in [-0.2, -0.15) is 5.26 Å². The average molecular weight is 204 g/mol. The molecule has 0 aromatic carbocycles. The minimum absolute atomic E-state index is 0.201. The first-order valence-corrected chi connectivity index (χ1v) is 3.31. The standard InChI is InChI=1S/C7H3F3N2O2/c8-7(9,10)14-6-2-4(3-11)1-5(13)12-6/h1-2H,(H,12,13). The molecule has 0 aliphatic rings. The number of H-pyrrole nitrogens is 1. The van der Waals surface area contributed by atoms with Gasteiger partial charge in [-0.15, -0.1) is 13.2 Å². The highest BCUT2D eigenvalue weighted by Crippen LogP contribution is 2.19. The second kappa shape index (κ2) is 3.41. The number of halogens is 3. The van der Waals surface area contributed by atoms with Crippen LogP contribution < -0.4 is 10.3 Å². The van der Waals surface area contributed by atoms with E-state index in [1.54, 1.807) is 4.98 Å². The van der Waals surface area contributed by atoms with Crippen molar-refractivity contribution in [3.8, 4) is 11.9 Å². The second-order valence-corrected chi connectivity index (χ2v) is 2.26. The van der Waals surface area contributed by atoms with E-state index in [1.807, 2.05) is 0 Å². The minimum atomic E-state index is -4.89. The molecule has 4 nitrogen and oxygen atoms in total. The summed E-state index contributed by atoms with van der Waals surface area (Å²) in [5.74, 6) is -0.804. The average Bonchev–Trinajstić information content (AvgIpc) is 1.99. The maximum absolute atomic E-state index is 11.7. The largest absolute Gasteiger partial charge is 0.574 e. The van der Waals surface area contributed by atoms with Crippen LogP contribution in [0, 0.1) is 11.3 Å². The van der Waals surface area contributed by atoms with E-state index in [0.717, 1.165) is 12.1 Å². The zero-order valence-corrected chi connectivity index (χ0v) is 6.55. The van der Waals surface area contributed by atoms with Gasteiger partial charge in [0.25, 0.3) is 5.56 Å². The minimum Gasteiger partial charge on any atom is -0.390 e. The van der Waals surface area contributed by atoms with Crippen molar-refractivity contribution < 1.29 is 17.9 Å². The van der Waals surface area contributed by atoms with Crippen molar-refractivity contribution in [3.63, 3.8) is 0 Å². The van der Waals surface area contributed by atoms with Gasteiger partial charge < -0.3 is 4.74 Å². The number of hydrogen-bond donors (Lipinski definition) is 1. The maximum Gasteiger partial charge on any atom is 0.574 e. The number of nitriles is 1. The van der Waals surface area contributed by atoms with E-state index in [1.165, 1.54) is 6.07 Å². The van der Waals surface area contributed by atoms with E-state index in [2.05, 4.69) is 4.74 Å². The summed E-state index contributed by atoms with van der Waals surface area (Å²) >= 11 is 0. The van der Waals surface area contributed by atoms with Crippen LogP contribution >= 0.6 is 0 Å². The van der Waals surface area contributed by atoms with Crippen molar-refractivity contribution in [1.29, 1.82) is 5.26 Å². The van der Waals surface area contributed by atoms with E-state index >= 15 is 0 Å². The number of aromatic nitrogens is 1. The van der Waals surface area contributed by atoms with Gasteiger partial charge in [0.15, 0.2) is 0 Å². The summed E-state index contributed by atoms with van der Waals surface area (Å²) in [4.78, 5) is 12.5. The highest BCUT2D eigenvalue weighted by atomic mass is 19.4. The van der Waals surface area contributed by atoms with Gasteiger partial charge in [-0.05, 0) is 0 Å². The number of aromatic amines is 1. The van der Waals surface area contributed by atoms with Gasteiger partial charge in [0.2, 0.25) is 5.88 Å². The smallest absolute Gasteiger partial charge is 0.390 e. The molecule has 1 aromatic heterocycles. The van der Waals surface area contributed by atoms with Crippen molar-refractivity contribution in [2.45, 2.75) is 6.36 Å². The summed E-state index contributed by atoms with van der Waals surface area (Å²) in [7, 11) is 0. The van der Waals surface area contributed by atoms with Gasteiger partial charge >= 0.3 is 6.36 Å². The van der Waals surface area contributed by atoms with Crippen molar-refractivity contribution in [1.82, 2.24) is 4.98 Å². The Balaban J connectivity index is 3.06. The normalized spacial score (nSPS) is 10.7. The van der Waals surface area contributed by atoms with E-state index in [4.69, 9.17) is 5.26 Å². The summed E-state index contributed by atoms with van der Waals surface area (Å²) < 4.78 is 38.5. The van der Waals surface area contributed by atoms with E-state index < -0.39 is 17.8 Å². The number of pyridine rings is 1. The lowest BCUT2D eigenvalue weighted by Crippen LogP contribution is -2.20. The Bertz CT molecular complexity index is 430. The SMILES string of the molecule is N#Cc1cc(OC(F)(F)F)[nH]c(=O)c1. The highest BCUT2D eigenvalue weighted by molar-refractivity contribution is 5.31. The molecule has 0 bridgehead atoms. The Morgan fingerprint density at radius 2 is 2.07 bits per heavy atom. The molecule has 14 heavy (non-hydrogen) atoms. The van der Waals surface area contributed by atoms with Crippen LogP contribution in [0.25, 0.3) is 0 Å². The molecule has 0 amide bonds. The van der Waals surface area contributed by atoms with Gasteiger partial charge in [-0.1, -0.05) is 0 Å². The van der Waals surface area contributed by atoms with E-state index in [9.17, 15) is 18.0 Å². The van der Waals surface area contributed by atoms with E-state index in [-0.39, 0.29) is 5.56 Å². The first-order chi connectivity index (χ1) is 6.40. The molecule has 0 fully saturated rings. The Hall–Kier alpha value is -1.97. The van der Waals surface area contributed by atoms with Crippen molar-refractivity contribution in [3.05, 3.63) is 28.0 Å². The van der Waals surface area contributed by atoms with Gasteiger partial charge in [-0.25, -0.2) is 0 Å². The molecule has 0 atom stereocenters. The Labute approximate surface area is 75.5 Å².